The Morgan fingerprint density at radius 2 is 2.24 bits per heavy atom. The van der Waals surface area contributed by atoms with E-state index in [2.05, 4.69) is 51.5 Å². The average Bonchev–Trinajstić information content (AvgIpc) is 3.17. The van der Waals surface area contributed by atoms with Crippen molar-refractivity contribution >= 4 is 5.96 Å². The first kappa shape index (κ1) is 17.4. The van der Waals surface area contributed by atoms with Crippen LogP contribution in [0.4, 0.5) is 0 Å². The van der Waals surface area contributed by atoms with Gasteiger partial charge in [0, 0.05) is 19.0 Å². The van der Waals surface area contributed by atoms with Gasteiger partial charge in [0.1, 0.15) is 17.4 Å². The predicted octanol–water partition coefficient (Wildman–Crippen LogP) is 2.07. The molecule has 0 fully saturated rings. The van der Waals surface area contributed by atoms with E-state index in [0.29, 0.717) is 18.4 Å². The first-order valence-corrected chi connectivity index (χ1v) is 8.70. The molecule has 2 aromatic rings. The van der Waals surface area contributed by atoms with Gasteiger partial charge < -0.3 is 15.1 Å². The molecule has 1 unspecified atom stereocenters. The largest absolute Gasteiger partial charge is 0.443 e. The van der Waals surface area contributed by atoms with Crippen molar-refractivity contribution in [3.8, 4) is 0 Å². The molecule has 8 nitrogen and oxygen atoms in total. The molecule has 0 saturated heterocycles. The molecule has 0 aromatic carbocycles. The zero-order valence-electron chi connectivity index (χ0n) is 15.6. The lowest BCUT2D eigenvalue weighted by Crippen LogP contribution is -2.41. The van der Waals surface area contributed by atoms with Gasteiger partial charge in [0.15, 0.2) is 5.96 Å². The number of aromatic nitrogens is 4. The van der Waals surface area contributed by atoms with Crippen LogP contribution in [-0.2, 0) is 18.5 Å². The Bertz CT molecular complexity index is 753. The van der Waals surface area contributed by atoms with E-state index in [9.17, 15) is 0 Å². The standard InChI is InChI=1S/C17H27N7O/c1-11-21-15-12(7-6-8-24(15)23-11)22-16(18-5)20-10-14-19-9-13(25-14)17(2,3)4/h9,12H,6-8,10H2,1-5H3,(H2,18,20,22). The molecule has 0 aliphatic carbocycles. The first-order valence-electron chi connectivity index (χ1n) is 8.70. The van der Waals surface area contributed by atoms with Crippen molar-refractivity contribution < 1.29 is 4.42 Å². The highest BCUT2D eigenvalue weighted by Gasteiger charge is 2.24. The maximum atomic E-state index is 5.81. The molecule has 136 valence electrons. The molecular formula is C17H27N7O. The Labute approximate surface area is 148 Å². The first-order chi connectivity index (χ1) is 11.9. The number of guanidine groups is 1. The molecule has 0 bridgehead atoms. The van der Waals surface area contributed by atoms with Gasteiger partial charge in [-0.25, -0.2) is 14.6 Å². The van der Waals surface area contributed by atoms with Crippen molar-refractivity contribution in [1.82, 2.24) is 30.4 Å². The number of aryl methyl sites for hydroxylation is 2. The zero-order chi connectivity index (χ0) is 18.0. The Kier molecular flexibility index (Phi) is 4.78. The Morgan fingerprint density at radius 3 is 2.92 bits per heavy atom. The molecular weight excluding hydrogens is 318 g/mol. The number of fused-ring (bicyclic) bond motifs is 1. The minimum absolute atomic E-state index is 0.0464. The maximum absolute atomic E-state index is 5.81. The molecule has 0 amide bonds. The third-order valence-corrected chi connectivity index (χ3v) is 4.22. The molecule has 0 spiro atoms. The number of hydrogen-bond acceptors (Lipinski definition) is 5. The molecule has 3 heterocycles. The van der Waals surface area contributed by atoms with Crippen LogP contribution in [0.1, 0.15) is 63.0 Å². The average molecular weight is 345 g/mol. The fraction of sp³-hybridized carbons (Fsp3) is 0.647. The van der Waals surface area contributed by atoms with Crippen LogP contribution in [0.5, 0.6) is 0 Å². The summed E-state index contributed by atoms with van der Waals surface area (Å²) in [5.41, 5.74) is -0.0464. The Balaban J connectivity index is 1.62. The minimum atomic E-state index is -0.0464. The van der Waals surface area contributed by atoms with Crippen LogP contribution in [0.15, 0.2) is 15.6 Å². The van der Waals surface area contributed by atoms with Gasteiger partial charge >= 0.3 is 0 Å². The number of aliphatic imine (C=N–C) groups is 1. The van der Waals surface area contributed by atoms with Crippen molar-refractivity contribution in [2.75, 3.05) is 7.05 Å². The van der Waals surface area contributed by atoms with Gasteiger partial charge in [-0.1, -0.05) is 20.8 Å². The van der Waals surface area contributed by atoms with Gasteiger partial charge in [0.25, 0.3) is 0 Å². The lowest BCUT2D eigenvalue weighted by Gasteiger charge is -2.24. The molecule has 2 N–H and O–H groups in total. The van der Waals surface area contributed by atoms with Gasteiger partial charge in [0.05, 0.1) is 18.8 Å². The summed E-state index contributed by atoms with van der Waals surface area (Å²) >= 11 is 0. The van der Waals surface area contributed by atoms with Crippen LogP contribution < -0.4 is 10.6 Å². The molecule has 0 radical (unpaired) electrons. The summed E-state index contributed by atoms with van der Waals surface area (Å²) in [6.45, 7) is 9.64. The van der Waals surface area contributed by atoms with Crippen LogP contribution in [0.25, 0.3) is 0 Å². The zero-order valence-corrected chi connectivity index (χ0v) is 15.6. The highest BCUT2D eigenvalue weighted by Crippen LogP contribution is 2.23. The topological polar surface area (TPSA) is 93.2 Å². The Morgan fingerprint density at radius 1 is 1.44 bits per heavy atom. The van der Waals surface area contributed by atoms with Crippen LogP contribution in [0.2, 0.25) is 0 Å². The fourth-order valence-electron chi connectivity index (χ4n) is 2.86. The summed E-state index contributed by atoms with van der Waals surface area (Å²) in [6, 6.07) is 0.107. The van der Waals surface area contributed by atoms with Crippen LogP contribution in [-0.4, -0.2) is 32.8 Å². The highest BCUT2D eigenvalue weighted by molar-refractivity contribution is 5.79. The number of hydrogen-bond donors (Lipinski definition) is 2. The molecule has 8 heteroatoms. The van der Waals surface area contributed by atoms with E-state index in [1.54, 1.807) is 13.2 Å². The van der Waals surface area contributed by atoms with Crippen LogP contribution >= 0.6 is 0 Å². The second kappa shape index (κ2) is 6.85. The lowest BCUT2D eigenvalue weighted by atomic mass is 9.94. The van der Waals surface area contributed by atoms with Gasteiger partial charge in [-0.05, 0) is 19.8 Å². The third kappa shape index (κ3) is 4.00. The summed E-state index contributed by atoms with van der Waals surface area (Å²) in [6.07, 6.45) is 3.87. The molecule has 2 aromatic heterocycles. The SMILES string of the molecule is CN=C(NCc1ncc(C(C)(C)C)o1)NC1CCCn2nc(C)nc21. The molecule has 0 saturated carbocycles. The lowest BCUT2D eigenvalue weighted by molar-refractivity contribution is 0.377. The van der Waals surface area contributed by atoms with Gasteiger partial charge in [-0.3, -0.25) is 4.99 Å². The smallest absolute Gasteiger partial charge is 0.213 e. The van der Waals surface area contributed by atoms with E-state index in [0.717, 1.165) is 36.8 Å². The van der Waals surface area contributed by atoms with E-state index >= 15 is 0 Å². The number of rotatable bonds is 3. The van der Waals surface area contributed by atoms with Gasteiger partial charge in [-0.2, -0.15) is 5.10 Å². The van der Waals surface area contributed by atoms with Gasteiger partial charge in [0.2, 0.25) is 5.89 Å². The monoisotopic (exact) mass is 345 g/mol. The van der Waals surface area contributed by atoms with Crippen molar-refractivity contribution in [3.05, 3.63) is 29.5 Å². The summed E-state index contributed by atoms with van der Waals surface area (Å²) in [7, 11) is 1.75. The van der Waals surface area contributed by atoms with Crippen molar-refractivity contribution in [1.29, 1.82) is 0 Å². The second-order valence-electron chi connectivity index (χ2n) is 7.37. The fourth-order valence-corrected chi connectivity index (χ4v) is 2.86. The van der Waals surface area contributed by atoms with Gasteiger partial charge in [-0.15, -0.1) is 0 Å². The summed E-state index contributed by atoms with van der Waals surface area (Å²) in [4.78, 5) is 13.2. The number of nitrogens with zero attached hydrogens (tertiary/aromatic N) is 5. The normalized spacial score (nSPS) is 18.1. The molecule has 1 aliphatic rings. The maximum Gasteiger partial charge on any atom is 0.213 e. The quantitative estimate of drug-likeness (QED) is 0.653. The predicted molar refractivity (Wildman–Crippen MR) is 95.3 cm³/mol. The van der Waals surface area contributed by atoms with E-state index in [4.69, 9.17) is 4.42 Å². The minimum Gasteiger partial charge on any atom is -0.443 e. The van der Waals surface area contributed by atoms with E-state index in [1.807, 2.05) is 11.6 Å². The van der Waals surface area contributed by atoms with E-state index < -0.39 is 0 Å². The Hall–Kier alpha value is -2.38. The highest BCUT2D eigenvalue weighted by atomic mass is 16.4. The molecule has 1 aliphatic heterocycles. The molecule has 25 heavy (non-hydrogen) atoms. The third-order valence-electron chi connectivity index (χ3n) is 4.22. The molecule has 1 atom stereocenters. The van der Waals surface area contributed by atoms with Crippen LogP contribution in [0.3, 0.4) is 0 Å². The summed E-state index contributed by atoms with van der Waals surface area (Å²) in [5, 5.41) is 11.1. The van der Waals surface area contributed by atoms with Crippen molar-refractivity contribution in [3.63, 3.8) is 0 Å². The van der Waals surface area contributed by atoms with E-state index in [-0.39, 0.29) is 11.5 Å². The second-order valence-corrected chi connectivity index (χ2v) is 7.37. The number of nitrogens with one attached hydrogen (secondary N) is 2. The van der Waals surface area contributed by atoms with Crippen molar-refractivity contribution in [2.45, 2.75) is 65.1 Å². The summed E-state index contributed by atoms with van der Waals surface area (Å²) < 4.78 is 7.79. The summed E-state index contributed by atoms with van der Waals surface area (Å²) in [5.74, 6) is 4.01. The van der Waals surface area contributed by atoms with E-state index in [1.165, 1.54) is 0 Å². The van der Waals surface area contributed by atoms with Crippen LogP contribution in [0, 0.1) is 6.92 Å². The number of oxazole rings is 1. The molecule has 3 rings (SSSR count). The van der Waals surface area contributed by atoms with Crippen molar-refractivity contribution in [2.24, 2.45) is 4.99 Å².